The summed E-state index contributed by atoms with van der Waals surface area (Å²) in [5.74, 6) is 0. The molecule has 3 aliphatic rings. The summed E-state index contributed by atoms with van der Waals surface area (Å²) in [6, 6.07) is 18.3. The Morgan fingerprint density at radius 2 is 2.15 bits per heavy atom. The van der Waals surface area contributed by atoms with Gasteiger partial charge in [-0.1, -0.05) is 6.07 Å². The third-order valence-corrected chi connectivity index (χ3v) is 7.41. The number of piperazine rings is 1. The molecule has 2 saturated heterocycles. The zero-order chi connectivity index (χ0) is 23.1. The number of pyridine rings is 1. The minimum absolute atomic E-state index is 0.289. The highest BCUT2D eigenvalue weighted by Crippen LogP contribution is 2.42. The number of nitrogens with one attached hydrogen (secondary N) is 2. The first-order valence-corrected chi connectivity index (χ1v) is 12.2. The van der Waals surface area contributed by atoms with Gasteiger partial charge in [0.05, 0.1) is 36.4 Å². The summed E-state index contributed by atoms with van der Waals surface area (Å²) in [5, 5.41) is 17.7. The molecule has 2 fully saturated rings. The largest absolute Gasteiger partial charge is 0.379 e. The molecule has 3 aromatic rings. The van der Waals surface area contributed by atoms with Gasteiger partial charge in [0.15, 0.2) is 0 Å². The van der Waals surface area contributed by atoms with Gasteiger partial charge in [-0.3, -0.25) is 9.88 Å². The molecule has 0 spiro atoms. The summed E-state index contributed by atoms with van der Waals surface area (Å²) in [6.45, 7) is 8.54. The van der Waals surface area contributed by atoms with Crippen LogP contribution in [0.3, 0.4) is 0 Å². The van der Waals surface area contributed by atoms with Crippen LogP contribution in [-0.2, 0) is 11.3 Å². The zero-order valence-corrected chi connectivity index (χ0v) is 19.5. The number of ether oxygens (including phenoxy) is 1. The number of hydrogen-bond donors (Lipinski definition) is 2. The molecule has 7 heteroatoms. The van der Waals surface area contributed by atoms with E-state index in [1.807, 2.05) is 12.1 Å². The van der Waals surface area contributed by atoms with Crippen LogP contribution in [0.1, 0.15) is 29.7 Å². The highest BCUT2D eigenvalue weighted by Gasteiger charge is 2.39. The van der Waals surface area contributed by atoms with Crippen molar-refractivity contribution in [3.8, 4) is 6.07 Å². The molecular formula is C27H30N6O. The first kappa shape index (κ1) is 21.4. The van der Waals surface area contributed by atoms with Crippen molar-refractivity contribution in [1.82, 2.24) is 15.2 Å². The van der Waals surface area contributed by atoms with Crippen molar-refractivity contribution in [2.75, 3.05) is 49.6 Å². The lowest BCUT2D eigenvalue weighted by atomic mass is 9.99. The van der Waals surface area contributed by atoms with Crippen molar-refractivity contribution < 1.29 is 4.74 Å². The molecular weight excluding hydrogens is 424 g/mol. The van der Waals surface area contributed by atoms with Crippen LogP contribution in [0.2, 0.25) is 0 Å². The lowest BCUT2D eigenvalue weighted by molar-refractivity contribution is 0.134. The second kappa shape index (κ2) is 8.88. The maximum absolute atomic E-state index is 9.53. The average molecular weight is 455 g/mol. The van der Waals surface area contributed by atoms with Crippen LogP contribution in [0.5, 0.6) is 0 Å². The second-order valence-electron chi connectivity index (χ2n) is 9.62. The number of aromatic nitrogens is 1. The van der Waals surface area contributed by atoms with Gasteiger partial charge in [-0.15, -0.1) is 0 Å². The Morgan fingerprint density at radius 3 is 3.06 bits per heavy atom. The predicted molar refractivity (Wildman–Crippen MR) is 134 cm³/mol. The van der Waals surface area contributed by atoms with Gasteiger partial charge in [-0.2, -0.15) is 5.26 Å². The Labute approximate surface area is 200 Å². The van der Waals surface area contributed by atoms with E-state index in [2.05, 4.69) is 68.7 Å². The summed E-state index contributed by atoms with van der Waals surface area (Å²) in [5.41, 5.74) is 6.60. The fourth-order valence-corrected chi connectivity index (χ4v) is 5.77. The molecule has 0 saturated carbocycles. The van der Waals surface area contributed by atoms with Crippen molar-refractivity contribution in [1.29, 1.82) is 5.26 Å². The van der Waals surface area contributed by atoms with Gasteiger partial charge < -0.3 is 20.3 Å². The number of benzene rings is 2. The Bertz CT molecular complexity index is 1250. The first-order chi connectivity index (χ1) is 16.7. The third-order valence-electron chi connectivity index (χ3n) is 7.41. The van der Waals surface area contributed by atoms with Crippen molar-refractivity contribution in [2.45, 2.75) is 31.6 Å². The topological polar surface area (TPSA) is 76.5 Å². The Morgan fingerprint density at radius 1 is 1.21 bits per heavy atom. The Balaban J connectivity index is 1.27. The molecule has 2 aromatic carbocycles. The summed E-state index contributed by atoms with van der Waals surface area (Å²) >= 11 is 0. The van der Waals surface area contributed by atoms with Crippen molar-refractivity contribution in [3.05, 3.63) is 65.4 Å². The average Bonchev–Trinajstić information content (AvgIpc) is 3.03. The summed E-state index contributed by atoms with van der Waals surface area (Å²) < 4.78 is 5.70. The van der Waals surface area contributed by atoms with E-state index in [1.54, 1.807) is 6.20 Å². The first-order valence-electron chi connectivity index (χ1n) is 12.2. The van der Waals surface area contributed by atoms with Gasteiger partial charge in [0.1, 0.15) is 6.07 Å². The van der Waals surface area contributed by atoms with Gasteiger partial charge >= 0.3 is 0 Å². The number of fused-ring (bicyclic) bond motifs is 4. The molecule has 7 nitrogen and oxygen atoms in total. The van der Waals surface area contributed by atoms with E-state index >= 15 is 0 Å². The van der Waals surface area contributed by atoms with Gasteiger partial charge in [0, 0.05) is 61.7 Å². The van der Waals surface area contributed by atoms with E-state index < -0.39 is 0 Å². The van der Waals surface area contributed by atoms with Crippen LogP contribution in [-0.4, -0.2) is 61.4 Å². The molecule has 0 aliphatic carbocycles. The highest BCUT2D eigenvalue weighted by atomic mass is 16.5. The maximum Gasteiger partial charge on any atom is 0.101 e. The van der Waals surface area contributed by atoms with E-state index in [0.717, 1.165) is 56.8 Å². The molecule has 174 valence electrons. The molecule has 4 heterocycles. The van der Waals surface area contributed by atoms with Crippen LogP contribution in [0.15, 0.2) is 48.7 Å². The molecule has 1 unspecified atom stereocenters. The third kappa shape index (κ3) is 3.78. The van der Waals surface area contributed by atoms with Gasteiger partial charge in [-0.05, 0) is 54.4 Å². The van der Waals surface area contributed by atoms with Crippen LogP contribution in [0, 0.1) is 11.3 Å². The monoisotopic (exact) mass is 454 g/mol. The minimum Gasteiger partial charge on any atom is -0.379 e. The molecule has 3 aliphatic heterocycles. The van der Waals surface area contributed by atoms with E-state index in [9.17, 15) is 5.26 Å². The van der Waals surface area contributed by atoms with E-state index in [4.69, 9.17) is 4.74 Å². The molecule has 3 atom stereocenters. The van der Waals surface area contributed by atoms with Gasteiger partial charge in [0.25, 0.3) is 0 Å². The number of nitriles is 1. The lowest BCUT2D eigenvalue weighted by Crippen LogP contribution is -2.51. The maximum atomic E-state index is 9.53. The summed E-state index contributed by atoms with van der Waals surface area (Å²) in [4.78, 5) is 9.62. The molecule has 0 amide bonds. The highest BCUT2D eigenvalue weighted by molar-refractivity contribution is 5.95. The molecule has 0 bridgehead atoms. The second-order valence-corrected chi connectivity index (χ2v) is 9.62. The van der Waals surface area contributed by atoms with Crippen LogP contribution in [0.25, 0.3) is 10.9 Å². The fraction of sp³-hybridized carbons (Fsp3) is 0.407. The Hall–Kier alpha value is -3.18. The molecule has 34 heavy (non-hydrogen) atoms. The number of rotatable bonds is 3. The fourth-order valence-electron chi connectivity index (χ4n) is 5.77. The number of hydrogen-bond acceptors (Lipinski definition) is 7. The normalized spacial score (nSPS) is 24.8. The lowest BCUT2D eigenvalue weighted by Gasteiger charge is -2.43. The standard InChI is InChI=1S/C27H30N6O/c1-18-14-32(25-7-4-19(12-28)27-24(25)3-2-8-30-27)16-26-23-6-5-21(11-20(23)15-33(18)26)31-22-13-29-9-10-34-17-22/h2-8,11,18,22,26,29,31H,9-10,13-17H2,1H3/t18-,22?,26-/m1/s1. The number of anilines is 2. The number of nitrogens with zero attached hydrogens (tertiary/aromatic N) is 4. The van der Waals surface area contributed by atoms with E-state index in [-0.39, 0.29) is 6.04 Å². The van der Waals surface area contributed by atoms with Crippen molar-refractivity contribution >= 4 is 22.3 Å². The quantitative estimate of drug-likeness (QED) is 0.629. The molecule has 2 N–H and O–H groups in total. The van der Waals surface area contributed by atoms with Crippen molar-refractivity contribution in [2.24, 2.45) is 0 Å². The smallest absolute Gasteiger partial charge is 0.101 e. The summed E-state index contributed by atoms with van der Waals surface area (Å²) in [6.07, 6.45) is 1.77. The van der Waals surface area contributed by atoms with E-state index in [1.165, 1.54) is 22.5 Å². The predicted octanol–water partition coefficient (Wildman–Crippen LogP) is 3.27. The zero-order valence-electron chi connectivity index (χ0n) is 19.5. The van der Waals surface area contributed by atoms with Gasteiger partial charge in [0.2, 0.25) is 0 Å². The minimum atomic E-state index is 0.289. The van der Waals surface area contributed by atoms with Crippen LogP contribution >= 0.6 is 0 Å². The summed E-state index contributed by atoms with van der Waals surface area (Å²) in [7, 11) is 0. The van der Waals surface area contributed by atoms with Crippen LogP contribution in [0.4, 0.5) is 11.4 Å². The van der Waals surface area contributed by atoms with Gasteiger partial charge in [-0.25, -0.2) is 0 Å². The van der Waals surface area contributed by atoms with Crippen molar-refractivity contribution in [3.63, 3.8) is 0 Å². The Kier molecular flexibility index (Phi) is 5.58. The van der Waals surface area contributed by atoms with E-state index in [0.29, 0.717) is 17.6 Å². The van der Waals surface area contributed by atoms with Crippen LogP contribution < -0.4 is 15.5 Å². The molecule has 6 rings (SSSR count). The molecule has 0 radical (unpaired) electrons. The molecule has 1 aromatic heterocycles. The SMILES string of the molecule is C[C@@H]1CN(c2ccc(C#N)c3ncccc23)C[C@@H]2c3ccc(NC4CNCCOC4)cc3CN12.